The number of hydrogen-bond acceptors (Lipinski definition) is 2. The van der Waals surface area contributed by atoms with E-state index in [4.69, 9.17) is 28.3 Å². The van der Waals surface area contributed by atoms with Crippen LogP contribution in [0.15, 0.2) is 18.2 Å². The molecule has 2 N–H and O–H groups in total. The minimum Gasteiger partial charge on any atom is -0.480 e. The number of halogens is 2. The summed E-state index contributed by atoms with van der Waals surface area (Å²) in [5.41, 5.74) is -1.07. The molecule has 0 saturated heterocycles. The van der Waals surface area contributed by atoms with Crippen LogP contribution in [-0.4, -0.2) is 17.0 Å². The van der Waals surface area contributed by atoms with E-state index >= 15 is 0 Å². The van der Waals surface area contributed by atoms with Gasteiger partial charge in [-0.1, -0.05) is 35.7 Å². The summed E-state index contributed by atoms with van der Waals surface area (Å²) in [4.78, 5) is 23.2. The van der Waals surface area contributed by atoms with Crippen LogP contribution in [0.1, 0.15) is 19.3 Å². The molecule has 1 saturated carbocycles. The fraction of sp³-hybridized carbons (Fsp3) is 0.333. The fourth-order valence-corrected chi connectivity index (χ4v) is 2.41. The van der Waals surface area contributed by atoms with E-state index < -0.39 is 17.3 Å². The highest BCUT2D eigenvalue weighted by molar-refractivity contribution is 6.40. The van der Waals surface area contributed by atoms with Crippen molar-refractivity contribution in [3.63, 3.8) is 0 Å². The number of rotatable bonds is 3. The molecule has 0 atom stereocenters. The van der Waals surface area contributed by atoms with Crippen molar-refractivity contribution in [1.82, 2.24) is 0 Å². The van der Waals surface area contributed by atoms with Crippen molar-refractivity contribution >= 4 is 40.8 Å². The van der Waals surface area contributed by atoms with Gasteiger partial charge in [0.1, 0.15) is 5.41 Å². The number of aliphatic carboxylic acids is 1. The number of carbonyl (C=O) groups is 2. The second-order valence-electron chi connectivity index (χ2n) is 4.29. The van der Waals surface area contributed by atoms with Crippen LogP contribution in [0.4, 0.5) is 5.69 Å². The first-order valence-electron chi connectivity index (χ1n) is 5.46. The summed E-state index contributed by atoms with van der Waals surface area (Å²) >= 11 is 11.8. The number of hydrogen-bond donors (Lipinski definition) is 2. The van der Waals surface area contributed by atoms with E-state index in [1.165, 1.54) is 0 Å². The van der Waals surface area contributed by atoms with Gasteiger partial charge in [-0.2, -0.15) is 0 Å². The molecule has 0 bridgehead atoms. The second-order valence-corrected chi connectivity index (χ2v) is 5.11. The quantitative estimate of drug-likeness (QED) is 0.839. The maximum absolute atomic E-state index is 12.1. The Labute approximate surface area is 114 Å². The Bertz CT molecular complexity index is 492. The van der Waals surface area contributed by atoms with E-state index in [9.17, 15) is 9.59 Å². The molecule has 0 aromatic heterocycles. The van der Waals surface area contributed by atoms with Crippen molar-refractivity contribution in [3.8, 4) is 0 Å². The lowest BCUT2D eigenvalue weighted by Crippen LogP contribution is -2.48. The van der Waals surface area contributed by atoms with Gasteiger partial charge in [0, 0.05) is 0 Å². The third kappa shape index (κ3) is 2.06. The molecule has 0 heterocycles. The smallest absolute Gasteiger partial charge is 0.319 e. The van der Waals surface area contributed by atoms with E-state index in [0.29, 0.717) is 12.8 Å². The molecule has 0 spiro atoms. The normalized spacial score (nSPS) is 16.8. The minimum absolute atomic E-state index is 0.262. The van der Waals surface area contributed by atoms with E-state index in [2.05, 4.69) is 5.32 Å². The highest BCUT2D eigenvalue weighted by Crippen LogP contribution is 2.43. The molecular formula is C12H11Cl2NO3. The first-order chi connectivity index (χ1) is 8.47. The number of carbonyl (C=O) groups excluding carboxylic acids is 1. The molecule has 0 unspecified atom stereocenters. The number of carboxylic acids is 1. The highest BCUT2D eigenvalue weighted by atomic mass is 35.5. The standard InChI is InChI=1S/C12H11Cl2NO3/c13-7-3-1-4-8(14)9(7)15-10(16)12(11(17)18)5-2-6-12/h1,3-4H,2,5-6H2,(H,15,16)(H,17,18). The van der Waals surface area contributed by atoms with Crippen molar-refractivity contribution in [3.05, 3.63) is 28.2 Å². The molecule has 4 nitrogen and oxygen atoms in total. The molecular weight excluding hydrogens is 277 g/mol. The van der Waals surface area contributed by atoms with Gasteiger partial charge in [-0.3, -0.25) is 9.59 Å². The molecule has 96 valence electrons. The van der Waals surface area contributed by atoms with Gasteiger partial charge in [-0.25, -0.2) is 0 Å². The van der Waals surface area contributed by atoms with Crippen molar-refractivity contribution in [2.45, 2.75) is 19.3 Å². The Morgan fingerprint density at radius 2 is 1.78 bits per heavy atom. The number of amides is 1. The maximum atomic E-state index is 12.1. The molecule has 2 rings (SSSR count). The summed E-state index contributed by atoms with van der Waals surface area (Å²) in [6, 6.07) is 4.81. The van der Waals surface area contributed by atoms with Gasteiger partial charge in [0.05, 0.1) is 15.7 Å². The van der Waals surface area contributed by atoms with Gasteiger partial charge < -0.3 is 10.4 Å². The molecule has 18 heavy (non-hydrogen) atoms. The monoisotopic (exact) mass is 287 g/mol. The summed E-state index contributed by atoms with van der Waals surface area (Å²) in [6.07, 6.45) is 1.42. The van der Waals surface area contributed by atoms with Crippen molar-refractivity contribution in [2.75, 3.05) is 5.32 Å². The Balaban J connectivity index is 2.24. The first kappa shape index (κ1) is 13.2. The average molecular weight is 288 g/mol. The molecule has 1 aliphatic carbocycles. The molecule has 1 fully saturated rings. The number of nitrogens with one attached hydrogen (secondary N) is 1. The first-order valence-corrected chi connectivity index (χ1v) is 6.22. The van der Waals surface area contributed by atoms with E-state index in [-0.39, 0.29) is 15.7 Å². The largest absolute Gasteiger partial charge is 0.480 e. The second kappa shape index (κ2) is 4.78. The van der Waals surface area contributed by atoms with E-state index in [0.717, 1.165) is 6.42 Å². The Morgan fingerprint density at radius 1 is 1.22 bits per heavy atom. The predicted molar refractivity (Wildman–Crippen MR) is 69.0 cm³/mol. The lowest BCUT2D eigenvalue weighted by Gasteiger charge is -2.35. The minimum atomic E-state index is -1.33. The third-order valence-electron chi connectivity index (χ3n) is 3.25. The topological polar surface area (TPSA) is 66.4 Å². The Morgan fingerprint density at radius 3 is 2.17 bits per heavy atom. The van der Waals surface area contributed by atoms with Crippen molar-refractivity contribution in [2.24, 2.45) is 5.41 Å². The highest BCUT2D eigenvalue weighted by Gasteiger charge is 2.51. The van der Waals surface area contributed by atoms with Gasteiger partial charge in [0.2, 0.25) is 5.91 Å². The molecule has 1 amide bonds. The van der Waals surface area contributed by atoms with Gasteiger partial charge in [0.15, 0.2) is 0 Å². The van der Waals surface area contributed by atoms with Crippen molar-refractivity contribution in [1.29, 1.82) is 0 Å². The van der Waals surface area contributed by atoms with Crippen LogP contribution in [0.25, 0.3) is 0 Å². The number of carboxylic acid groups (broad SMARTS) is 1. The molecule has 0 radical (unpaired) electrons. The summed E-state index contributed by atoms with van der Waals surface area (Å²) in [6.45, 7) is 0. The van der Waals surface area contributed by atoms with Gasteiger partial charge >= 0.3 is 5.97 Å². The zero-order valence-corrected chi connectivity index (χ0v) is 10.9. The number of para-hydroxylation sites is 1. The lowest BCUT2D eigenvalue weighted by atomic mass is 9.68. The van der Waals surface area contributed by atoms with E-state index in [1.807, 2.05) is 0 Å². The SMILES string of the molecule is O=C(O)C1(C(=O)Nc2c(Cl)cccc2Cl)CCC1. The molecule has 0 aliphatic heterocycles. The van der Waals surface area contributed by atoms with Crippen LogP contribution < -0.4 is 5.32 Å². The van der Waals surface area contributed by atoms with Crippen LogP contribution >= 0.6 is 23.2 Å². The molecule has 1 aromatic rings. The molecule has 6 heteroatoms. The summed E-state index contributed by atoms with van der Waals surface area (Å²) in [7, 11) is 0. The van der Waals surface area contributed by atoms with Gasteiger partial charge in [-0.05, 0) is 25.0 Å². The summed E-state index contributed by atoms with van der Waals surface area (Å²) in [5.74, 6) is -1.66. The van der Waals surface area contributed by atoms with Crippen LogP contribution in [0.5, 0.6) is 0 Å². The zero-order chi connectivity index (χ0) is 13.3. The zero-order valence-electron chi connectivity index (χ0n) is 9.37. The predicted octanol–water partition coefficient (Wildman–Crippen LogP) is 3.19. The molecule has 1 aliphatic rings. The maximum Gasteiger partial charge on any atom is 0.319 e. The molecule has 1 aromatic carbocycles. The van der Waals surface area contributed by atoms with Crippen molar-refractivity contribution < 1.29 is 14.7 Å². The average Bonchev–Trinajstić information content (AvgIpc) is 2.21. The Hall–Kier alpha value is -1.26. The fourth-order valence-electron chi connectivity index (χ4n) is 1.92. The lowest BCUT2D eigenvalue weighted by molar-refractivity contribution is -0.159. The summed E-state index contributed by atoms with van der Waals surface area (Å²) < 4.78 is 0. The van der Waals surface area contributed by atoms with Crippen LogP contribution in [0.3, 0.4) is 0 Å². The Kier molecular flexibility index (Phi) is 3.50. The van der Waals surface area contributed by atoms with E-state index in [1.54, 1.807) is 18.2 Å². The summed E-state index contributed by atoms with van der Waals surface area (Å²) in [5, 5.41) is 12.2. The third-order valence-corrected chi connectivity index (χ3v) is 3.88. The van der Waals surface area contributed by atoms with Gasteiger partial charge in [-0.15, -0.1) is 0 Å². The van der Waals surface area contributed by atoms with Crippen LogP contribution in [-0.2, 0) is 9.59 Å². The van der Waals surface area contributed by atoms with Crippen LogP contribution in [0.2, 0.25) is 10.0 Å². The number of benzene rings is 1. The van der Waals surface area contributed by atoms with Crippen LogP contribution in [0, 0.1) is 5.41 Å². The number of anilines is 1. The van der Waals surface area contributed by atoms with Gasteiger partial charge in [0.25, 0.3) is 0 Å².